The highest BCUT2D eigenvalue weighted by molar-refractivity contribution is 7.98. The highest BCUT2D eigenvalue weighted by Crippen LogP contribution is 2.22. The summed E-state index contributed by atoms with van der Waals surface area (Å²) in [6, 6.07) is 0. The summed E-state index contributed by atoms with van der Waals surface area (Å²) in [5, 5.41) is 8.69. The Bertz CT molecular complexity index is 296. The Morgan fingerprint density at radius 3 is 2.83 bits per heavy atom. The summed E-state index contributed by atoms with van der Waals surface area (Å²) in [6.07, 6.45) is 4.97. The molecule has 1 rings (SSSR count). The van der Waals surface area contributed by atoms with Gasteiger partial charge in [-0.1, -0.05) is 6.92 Å². The van der Waals surface area contributed by atoms with Crippen LogP contribution < -0.4 is 0 Å². The van der Waals surface area contributed by atoms with Gasteiger partial charge in [0.25, 0.3) is 0 Å². The molecule has 2 atom stereocenters. The smallest absolute Gasteiger partial charge is 0.303 e. The Balaban J connectivity index is 2.42. The number of hydrogen-bond donors (Lipinski definition) is 1. The van der Waals surface area contributed by atoms with Crippen LogP contribution in [0.4, 0.5) is 0 Å². The van der Waals surface area contributed by atoms with Crippen molar-refractivity contribution in [3.8, 4) is 0 Å². The number of amides is 1. The molecular weight excluding hydrogens is 250 g/mol. The van der Waals surface area contributed by atoms with Crippen LogP contribution in [0.3, 0.4) is 0 Å². The van der Waals surface area contributed by atoms with Crippen molar-refractivity contribution in [1.29, 1.82) is 0 Å². The third-order valence-corrected chi connectivity index (χ3v) is 4.27. The number of carbonyl (C=O) groups is 2. The lowest BCUT2D eigenvalue weighted by atomic mass is 9.93. The van der Waals surface area contributed by atoms with E-state index in [4.69, 9.17) is 5.11 Å². The van der Waals surface area contributed by atoms with Crippen LogP contribution in [0.2, 0.25) is 0 Å². The number of hydrogen-bond acceptors (Lipinski definition) is 3. The molecule has 0 aromatic rings. The van der Waals surface area contributed by atoms with Gasteiger partial charge in [0.15, 0.2) is 0 Å². The number of rotatable bonds is 6. The van der Waals surface area contributed by atoms with Crippen LogP contribution in [0, 0.1) is 11.8 Å². The van der Waals surface area contributed by atoms with Gasteiger partial charge in [-0.05, 0) is 31.4 Å². The Morgan fingerprint density at radius 2 is 2.22 bits per heavy atom. The molecule has 1 aliphatic heterocycles. The normalized spacial score (nSPS) is 21.7. The quantitative estimate of drug-likeness (QED) is 0.805. The van der Waals surface area contributed by atoms with Gasteiger partial charge in [-0.25, -0.2) is 0 Å². The van der Waals surface area contributed by atoms with E-state index in [0.717, 1.165) is 31.7 Å². The first-order valence-electron chi connectivity index (χ1n) is 6.54. The van der Waals surface area contributed by atoms with Crippen molar-refractivity contribution in [2.24, 2.45) is 11.8 Å². The van der Waals surface area contributed by atoms with Gasteiger partial charge in [-0.15, -0.1) is 0 Å². The minimum Gasteiger partial charge on any atom is -0.481 e. The monoisotopic (exact) mass is 273 g/mol. The van der Waals surface area contributed by atoms with Crippen molar-refractivity contribution >= 4 is 23.6 Å². The van der Waals surface area contributed by atoms with E-state index in [9.17, 15) is 9.59 Å². The second-order valence-corrected chi connectivity index (χ2v) is 5.99. The van der Waals surface area contributed by atoms with Gasteiger partial charge in [0.05, 0.1) is 0 Å². The first kappa shape index (κ1) is 15.3. The molecule has 0 unspecified atom stereocenters. The van der Waals surface area contributed by atoms with Gasteiger partial charge in [-0.3, -0.25) is 9.59 Å². The molecule has 18 heavy (non-hydrogen) atoms. The molecular formula is C13H23NO3S. The van der Waals surface area contributed by atoms with Gasteiger partial charge in [0.1, 0.15) is 0 Å². The first-order chi connectivity index (χ1) is 8.54. The molecule has 1 saturated heterocycles. The molecule has 1 aliphatic rings. The SMILES string of the molecule is CSC[C@@H](C)C(=O)N1CCC[C@@H](CCC(=O)O)C1. The lowest BCUT2D eigenvalue weighted by Crippen LogP contribution is -2.43. The van der Waals surface area contributed by atoms with E-state index >= 15 is 0 Å². The maximum absolute atomic E-state index is 12.2. The second kappa shape index (κ2) is 7.67. The molecule has 0 saturated carbocycles. The zero-order chi connectivity index (χ0) is 13.5. The molecule has 0 aromatic heterocycles. The largest absolute Gasteiger partial charge is 0.481 e. The number of thioether (sulfide) groups is 1. The fourth-order valence-electron chi connectivity index (χ4n) is 2.46. The molecule has 1 fully saturated rings. The first-order valence-corrected chi connectivity index (χ1v) is 7.93. The average Bonchev–Trinajstić information content (AvgIpc) is 2.36. The minimum atomic E-state index is -0.741. The number of piperidine rings is 1. The Hall–Kier alpha value is -0.710. The van der Waals surface area contributed by atoms with E-state index < -0.39 is 5.97 Å². The van der Waals surface area contributed by atoms with Gasteiger partial charge < -0.3 is 10.0 Å². The van der Waals surface area contributed by atoms with Crippen LogP contribution in [-0.4, -0.2) is 47.0 Å². The Labute approximate surface area is 113 Å². The van der Waals surface area contributed by atoms with Crippen molar-refractivity contribution in [3.63, 3.8) is 0 Å². The number of carboxylic acid groups (broad SMARTS) is 1. The molecule has 0 radical (unpaired) electrons. The summed E-state index contributed by atoms with van der Waals surface area (Å²) >= 11 is 1.69. The van der Waals surface area contributed by atoms with Gasteiger partial charge in [0.2, 0.25) is 5.91 Å². The third kappa shape index (κ3) is 4.88. The Kier molecular flexibility index (Phi) is 6.54. The molecule has 1 heterocycles. The number of carboxylic acids is 1. The van der Waals surface area contributed by atoms with E-state index in [1.807, 2.05) is 18.1 Å². The fourth-order valence-corrected chi connectivity index (χ4v) is 3.10. The van der Waals surface area contributed by atoms with Crippen LogP contribution in [0.5, 0.6) is 0 Å². The molecule has 104 valence electrons. The zero-order valence-corrected chi connectivity index (χ0v) is 12.0. The van der Waals surface area contributed by atoms with Crippen molar-refractivity contribution in [1.82, 2.24) is 4.90 Å². The van der Waals surface area contributed by atoms with Crippen LogP contribution in [-0.2, 0) is 9.59 Å². The summed E-state index contributed by atoms with van der Waals surface area (Å²) in [6.45, 7) is 3.55. The number of likely N-dealkylation sites (tertiary alicyclic amines) is 1. The summed E-state index contributed by atoms with van der Waals surface area (Å²) < 4.78 is 0. The van der Waals surface area contributed by atoms with Crippen molar-refractivity contribution in [2.45, 2.75) is 32.6 Å². The molecule has 1 amide bonds. The molecule has 1 N–H and O–H groups in total. The summed E-state index contributed by atoms with van der Waals surface area (Å²) in [7, 11) is 0. The van der Waals surface area contributed by atoms with E-state index in [0.29, 0.717) is 12.3 Å². The summed E-state index contributed by atoms with van der Waals surface area (Å²) in [5.74, 6) is 0.770. The highest BCUT2D eigenvalue weighted by Gasteiger charge is 2.26. The number of carbonyl (C=O) groups excluding carboxylic acids is 1. The standard InChI is InChI=1S/C13H23NO3S/c1-10(9-18-2)13(17)14-7-3-4-11(8-14)5-6-12(15)16/h10-11H,3-9H2,1-2H3,(H,15,16)/t10-,11+/m1/s1. The van der Waals surface area contributed by atoms with Crippen LogP contribution >= 0.6 is 11.8 Å². The maximum Gasteiger partial charge on any atom is 0.303 e. The fraction of sp³-hybridized carbons (Fsp3) is 0.846. The Morgan fingerprint density at radius 1 is 1.50 bits per heavy atom. The lowest BCUT2D eigenvalue weighted by Gasteiger charge is -2.34. The summed E-state index contributed by atoms with van der Waals surface area (Å²) in [5.41, 5.74) is 0. The zero-order valence-electron chi connectivity index (χ0n) is 11.2. The van der Waals surface area contributed by atoms with E-state index in [1.165, 1.54) is 0 Å². The molecule has 0 spiro atoms. The van der Waals surface area contributed by atoms with Crippen LogP contribution in [0.25, 0.3) is 0 Å². The van der Waals surface area contributed by atoms with Crippen molar-refractivity contribution < 1.29 is 14.7 Å². The molecule has 0 aromatic carbocycles. The molecule has 4 nitrogen and oxygen atoms in total. The van der Waals surface area contributed by atoms with E-state index in [-0.39, 0.29) is 18.2 Å². The number of aliphatic carboxylic acids is 1. The highest BCUT2D eigenvalue weighted by atomic mass is 32.2. The van der Waals surface area contributed by atoms with Crippen molar-refractivity contribution in [3.05, 3.63) is 0 Å². The minimum absolute atomic E-state index is 0.0678. The second-order valence-electron chi connectivity index (χ2n) is 5.08. The lowest BCUT2D eigenvalue weighted by molar-refractivity contribution is -0.137. The van der Waals surface area contributed by atoms with Crippen LogP contribution in [0.15, 0.2) is 0 Å². The van der Waals surface area contributed by atoms with E-state index in [2.05, 4.69) is 0 Å². The predicted molar refractivity (Wildman–Crippen MR) is 73.7 cm³/mol. The third-order valence-electron chi connectivity index (χ3n) is 3.44. The van der Waals surface area contributed by atoms with Crippen molar-refractivity contribution in [2.75, 3.05) is 25.1 Å². The van der Waals surface area contributed by atoms with Gasteiger partial charge in [-0.2, -0.15) is 11.8 Å². The maximum atomic E-state index is 12.2. The topological polar surface area (TPSA) is 57.6 Å². The number of nitrogens with zero attached hydrogens (tertiary/aromatic N) is 1. The predicted octanol–water partition coefficient (Wildman–Crippen LogP) is 2.09. The summed E-state index contributed by atoms with van der Waals surface area (Å²) in [4.78, 5) is 24.7. The average molecular weight is 273 g/mol. The molecule has 0 aliphatic carbocycles. The molecule has 0 bridgehead atoms. The van der Waals surface area contributed by atoms with Gasteiger partial charge in [0, 0.05) is 31.2 Å². The van der Waals surface area contributed by atoms with Gasteiger partial charge >= 0.3 is 5.97 Å². The van der Waals surface area contributed by atoms with E-state index in [1.54, 1.807) is 11.8 Å². The van der Waals surface area contributed by atoms with Crippen LogP contribution in [0.1, 0.15) is 32.6 Å². The molecule has 5 heteroatoms.